The smallest absolute Gasteiger partial charge is 0.341 e. The van der Waals surface area contributed by atoms with E-state index in [1.165, 1.54) is 7.11 Å². The first-order valence-corrected chi connectivity index (χ1v) is 8.87. The molecular formula is C21H18ClNO5. The summed E-state index contributed by atoms with van der Waals surface area (Å²) in [6.45, 7) is 0. The summed E-state index contributed by atoms with van der Waals surface area (Å²) in [6.07, 6.45) is 2.28. The fourth-order valence-corrected chi connectivity index (χ4v) is 3.06. The van der Waals surface area contributed by atoms with Gasteiger partial charge in [-0.15, -0.1) is 0 Å². The lowest BCUT2D eigenvalue weighted by molar-refractivity contribution is 0.0596. The van der Waals surface area contributed by atoms with Crippen molar-refractivity contribution in [2.45, 2.75) is 12.8 Å². The van der Waals surface area contributed by atoms with Gasteiger partial charge in [-0.1, -0.05) is 35.9 Å². The maximum atomic E-state index is 12.1. The lowest BCUT2D eigenvalue weighted by Crippen LogP contribution is -2.08. The molecule has 0 fully saturated rings. The molecule has 0 saturated heterocycles. The minimum absolute atomic E-state index is 0.00684. The highest BCUT2D eigenvalue weighted by atomic mass is 35.5. The number of carbonyl (C=O) groups is 1. The normalized spacial score (nSPS) is 10.5. The molecule has 0 atom stereocenters. The Labute approximate surface area is 167 Å². The standard InChI is InChI=1S/C21H18ClNO5/c1-27-21(26)18-15(19(22)17(25)12-16(18)24)10-9-13-6-5-11-23-20(13)28-14-7-3-2-4-8-14/h2-8,11-12,24-25H,9-10H2,1H3. The summed E-state index contributed by atoms with van der Waals surface area (Å²) in [7, 11) is 1.21. The second-order valence-electron chi connectivity index (χ2n) is 5.96. The Morgan fingerprint density at radius 1 is 1.07 bits per heavy atom. The second-order valence-corrected chi connectivity index (χ2v) is 6.33. The van der Waals surface area contributed by atoms with Gasteiger partial charge in [0.25, 0.3) is 0 Å². The molecule has 0 bridgehead atoms. The van der Waals surface area contributed by atoms with Gasteiger partial charge < -0.3 is 19.7 Å². The van der Waals surface area contributed by atoms with Crippen molar-refractivity contribution in [3.05, 3.63) is 76.4 Å². The number of aryl methyl sites for hydroxylation is 1. The molecule has 0 saturated carbocycles. The molecule has 2 aromatic carbocycles. The number of pyridine rings is 1. The molecular weight excluding hydrogens is 382 g/mol. The Morgan fingerprint density at radius 3 is 2.54 bits per heavy atom. The predicted octanol–water partition coefficient (Wildman–Crippen LogP) is 4.51. The number of aromatic hydroxyl groups is 2. The van der Waals surface area contributed by atoms with Crippen LogP contribution >= 0.6 is 11.6 Å². The largest absolute Gasteiger partial charge is 0.507 e. The third-order valence-electron chi connectivity index (χ3n) is 4.16. The summed E-state index contributed by atoms with van der Waals surface area (Å²) in [4.78, 5) is 16.4. The number of hydrogen-bond acceptors (Lipinski definition) is 6. The van der Waals surface area contributed by atoms with Crippen LogP contribution in [0.25, 0.3) is 0 Å². The predicted molar refractivity (Wildman–Crippen MR) is 104 cm³/mol. The molecule has 0 aliphatic heterocycles. The van der Waals surface area contributed by atoms with E-state index in [-0.39, 0.29) is 22.8 Å². The van der Waals surface area contributed by atoms with Crippen LogP contribution in [-0.2, 0) is 17.6 Å². The van der Waals surface area contributed by atoms with E-state index in [2.05, 4.69) is 4.98 Å². The minimum atomic E-state index is -0.735. The average Bonchev–Trinajstić information content (AvgIpc) is 2.70. The highest BCUT2D eigenvalue weighted by Gasteiger charge is 2.23. The molecule has 0 spiro atoms. The first-order valence-electron chi connectivity index (χ1n) is 8.49. The number of nitrogens with zero attached hydrogens (tertiary/aromatic N) is 1. The van der Waals surface area contributed by atoms with Crippen molar-refractivity contribution in [1.82, 2.24) is 4.98 Å². The number of ether oxygens (including phenoxy) is 2. The molecule has 3 rings (SSSR count). The second kappa shape index (κ2) is 8.63. The van der Waals surface area contributed by atoms with Crippen LogP contribution in [0.2, 0.25) is 5.02 Å². The van der Waals surface area contributed by atoms with Gasteiger partial charge in [0.15, 0.2) is 0 Å². The van der Waals surface area contributed by atoms with E-state index in [4.69, 9.17) is 21.1 Å². The molecule has 0 aliphatic rings. The van der Waals surface area contributed by atoms with Gasteiger partial charge in [-0.2, -0.15) is 0 Å². The molecule has 7 heteroatoms. The summed E-state index contributed by atoms with van der Waals surface area (Å²) in [5.41, 5.74) is 1.00. The van der Waals surface area contributed by atoms with E-state index in [0.717, 1.165) is 11.6 Å². The van der Waals surface area contributed by atoms with Gasteiger partial charge in [0.2, 0.25) is 5.88 Å². The van der Waals surface area contributed by atoms with Crippen molar-refractivity contribution in [1.29, 1.82) is 0 Å². The maximum absolute atomic E-state index is 12.1. The molecule has 28 heavy (non-hydrogen) atoms. The Kier molecular flexibility index (Phi) is 6.01. The van der Waals surface area contributed by atoms with Crippen molar-refractivity contribution in [3.8, 4) is 23.1 Å². The summed E-state index contributed by atoms with van der Waals surface area (Å²) >= 11 is 6.19. The highest BCUT2D eigenvalue weighted by molar-refractivity contribution is 6.33. The van der Waals surface area contributed by atoms with Crippen molar-refractivity contribution < 1.29 is 24.5 Å². The molecule has 0 amide bonds. The molecule has 0 radical (unpaired) electrons. The van der Waals surface area contributed by atoms with Crippen LogP contribution < -0.4 is 4.74 Å². The molecule has 0 unspecified atom stereocenters. The number of phenolic OH excluding ortho intramolecular Hbond substituents is 2. The highest BCUT2D eigenvalue weighted by Crippen LogP contribution is 2.37. The molecule has 2 N–H and O–H groups in total. The monoisotopic (exact) mass is 399 g/mol. The van der Waals surface area contributed by atoms with Gasteiger partial charge in [0, 0.05) is 17.8 Å². The third-order valence-corrected chi connectivity index (χ3v) is 4.58. The summed E-state index contributed by atoms with van der Waals surface area (Å²) in [5, 5.41) is 20.0. The zero-order valence-electron chi connectivity index (χ0n) is 15.1. The first kappa shape index (κ1) is 19.5. The number of benzene rings is 2. The SMILES string of the molecule is COC(=O)c1c(O)cc(O)c(Cl)c1CCc1cccnc1Oc1ccccc1. The van der Waals surface area contributed by atoms with E-state index < -0.39 is 11.7 Å². The summed E-state index contributed by atoms with van der Waals surface area (Å²) in [6, 6.07) is 13.9. The van der Waals surface area contributed by atoms with E-state index in [1.54, 1.807) is 12.3 Å². The molecule has 3 aromatic rings. The first-order chi connectivity index (χ1) is 13.5. The van der Waals surface area contributed by atoms with Gasteiger partial charge in [0.05, 0.1) is 12.1 Å². The van der Waals surface area contributed by atoms with Crippen LogP contribution in [0.5, 0.6) is 23.1 Å². The van der Waals surface area contributed by atoms with Crippen molar-refractivity contribution >= 4 is 17.6 Å². The maximum Gasteiger partial charge on any atom is 0.341 e. The topological polar surface area (TPSA) is 88.9 Å². The zero-order chi connectivity index (χ0) is 20.1. The molecule has 6 nitrogen and oxygen atoms in total. The number of para-hydroxylation sites is 1. The van der Waals surface area contributed by atoms with Crippen LogP contribution in [0.1, 0.15) is 21.5 Å². The zero-order valence-corrected chi connectivity index (χ0v) is 15.8. The van der Waals surface area contributed by atoms with Crippen LogP contribution in [0.3, 0.4) is 0 Å². The fraction of sp³-hybridized carbons (Fsp3) is 0.143. The fourth-order valence-electron chi connectivity index (χ4n) is 2.81. The number of hydrogen-bond donors (Lipinski definition) is 2. The van der Waals surface area contributed by atoms with Crippen LogP contribution in [0, 0.1) is 0 Å². The van der Waals surface area contributed by atoms with Crippen LogP contribution in [0.15, 0.2) is 54.7 Å². The average molecular weight is 400 g/mol. The minimum Gasteiger partial charge on any atom is -0.507 e. The van der Waals surface area contributed by atoms with Crippen LogP contribution in [0.4, 0.5) is 0 Å². The molecule has 1 aromatic heterocycles. The van der Waals surface area contributed by atoms with Gasteiger partial charge in [-0.3, -0.25) is 0 Å². The number of halogens is 1. The number of carbonyl (C=O) groups excluding carboxylic acids is 1. The van der Waals surface area contributed by atoms with E-state index in [9.17, 15) is 15.0 Å². The summed E-state index contributed by atoms with van der Waals surface area (Å²) in [5.74, 6) is -0.370. The lowest BCUT2D eigenvalue weighted by atomic mass is 9.98. The number of phenols is 2. The number of rotatable bonds is 6. The van der Waals surface area contributed by atoms with Crippen molar-refractivity contribution in [2.24, 2.45) is 0 Å². The molecule has 144 valence electrons. The third kappa shape index (κ3) is 4.18. The van der Waals surface area contributed by atoms with Crippen molar-refractivity contribution in [3.63, 3.8) is 0 Å². The molecule has 0 aliphatic carbocycles. The van der Waals surface area contributed by atoms with Gasteiger partial charge in [-0.25, -0.2) is 9.78 Å². The Hall–Kier alpha value is -3.25. The Balaban J connectivity index is 1.90. The van der Waals surface area contributed by atoms with Gasteiger partial charge in [0.1, 0.15) is 22.8 Å². The van der Waals surface area contributed by atoms with E-state index in [0.29, 0.717) is 23.6 Å². The van der Waals surface area contributed by atoms with Gasteiger partial charge in [-0.05, 0) is 36.6 Å². The Bertz CT molecular complexity index is 992. The number of esters is 1. The van der Waals surface area contributed by atoms with Crippen LogP contribution in [-0.4, -0.2) is 28.3 Å². The number of aromatic nitrogens is 1. The Morgan fingerprint density at radius 2 is 1.82 bits per heavy atom. The quantitative estimate of drug-likeness (QED) is 0.593. The van der Waals surface area contributed by atoms with Crippen molar-refractivity contribution in [2.75, 3.05) is 7.11 Å². The van der Waals surface area contributed by atoms with E-state index >= 15 is 0 Å². The molecule has 1 heterocycles. The lowest BCUT2D eigenvalue weighted by Gasteiger charge is -2.14. The van der Waals surface area contributed by atoms with Gasteiger partial charge >= 0.3 is 5.97 Å². The number of methoxy groups -OCH3 is 1. The summed E-state index contributed by atoms with van der Waals surface area (Å²) < 4.78 is 10.6. The van der Waals surface area contributed by atoms with E-state index in [1.807, 2.05) is 36.4 Å².